The maximum absolute atomic E-state index is 13.8. The third-order valence-electron chi connectivity index (χ3n) is 8.50. The lowest BCUT2D eigenvalue weighted by Gasteiger charge is -2.44. The van der Waals surface area contributed by atoms with Crippen molar-refractivity contribution in [3.05, 3.63) is 123 Å². The van der Waals surface area contributed by atoms with Gasteiger partial charge in [0.15, 0.2) is 0 Å². The molecule has 212 valence electrons. The predicted octanol–water partition coefficient (Wildman–Crippen LogP) is 8.58. The first-order chi connectivity index (χ1) is 20.5. The second-order valence-corrected chi connectivity index (χ2v) is 12.0. The molecule has 6 rings (SSSR count). The second kappa shape index (κ2) is 12.6. The SMILES string of the molecule is N#Cc1cccc(-c2ccc3c(c2)CCN(C(=O)Nc2ccc(Cl)c(Cl)c2)C3C2CCN(Cc3ccccc3)CC2)c1. The molecule has 7 heteroatoms. The number of amides is 2. The van der Waals surface area contributed by atoms with E-state index in [-0.39, 0.29) is 12.1 Å². The van der Waals surface area contributed by atoms with Crippen molar-refractivity contribution in [3.63, 3.8) is 0 Å². The highest BCUT2D eigenvalue weighted by Crippen LogP contribution is 2.42. The van der Waals surface area contributed by atoms with Crippen molar-refractivity contribution >= 4 is 34.9 Å². The van der Waals surface area contributed by atoms with Crippen molar-refractivity contribution in [2.45, 2.75) is 31.8 Å². The maximum atomic E-state index is 13.8. The van der Waals surface area contributed by atoms with E-state index in [1.807, 2.05) is 29.2 Å². The van der Waals surface area contributed by atoms with Gasteiger partial charge in [0.05, 0.1) is 27.7 Å². The number of anilines is 1. The molecule has 1 fully saturated rings. The van der Waals surface area contributed by atoms with Crippen LogP contribution in [-0.4, -0.2) is 35.5 Å². The fraction of sp³-hybridized carbons (Fsp3) is 0.257. The molecule has 0 aromatic heterocycles. The van der Waals surface area contributed by atoms with Crippen molar-refractivity contribution in [1.29, 1.82) is 5.26 Å². The van der Waals surface area contributed by atoms with Gasteiger partial charge in [-0.25, -0.2) is 4.79 Å². The molecule has 0 spiro atoms. The van der Waals surface area contributed by atoms with E-state index in [0.717, 1.165) is 50.0 Å². The Labute approximate surface area is 257 Å². The third-order valence-corrected chi connectivity index (χ3v) is 9.24. The van der Waals surface area contributed by atoms with Crippen molar-refractivity contribution < 1.29 is 4.79 Å². The number of nitrogens with zero attached hydrogens (tertiary/aromatic N) is 3. The summed E-state index contributed by atoms with van der Waals surface area (Å²) in [4.78, 5) is 18.3. The van der Waals surface area contributed by atoms with Gasteiger partial charge in [-0.15, -0.1) is 0 Å². The summed E-state index contributed by atoms with van der Waals surface area (Å²) in [5.74, 6) is 0.336. The van der Waals surface area contributed by atoms with Crippen LogP contribution in [0.2, 0.25) is 10.0 Å². The minimum Gasteiger partial charge on any atom is -0.317 e. The average molecular weight is 596 g/mol. The highest BCUT2D eigenvalue weighted by molar-refractivity contribution is 6.42. The number of carbonyl (C=O) groups is 1. The molecular weight excluding hydrogens is 563 g/mol. The summed E-state index contributed by atoms with van der Waals surface area (Å²) < 4.78 is 0. The normalized spacial score (nSPS) is 17.4. The summed E-state index contributed by atoms with van der Waals surface area (Å²) in [5.41, 5.74) is 7.21. The fourth-order valence-corrected chi connectivity index (χ4v) is 6.68. The van der Waals surface area contributed by atoms with Crippen molar-refractivity contribution in [3.8, 4) is 17.2 Å². The fourth-order valence-electron chi connectivity index (χ4n) is 6.38. The molecular formula is C35H32Cl2N4O. The summed E-state index contributed by atoms with van der Waals surface area (Å²) in [6.45, 7) is 3.55. The van der Waals surface area contributed by atoms with Crippen LogP contribution < -0.4 is 5.32 Å². The van der Waals surface area contributed by atoms with Gasteiger partial charge < -0.3 is 10.2 Å². The molecule has 2 aliphatic rings. The van der Waals surface area contributed by atoms with E-state index in [2.05, 4.69) is 64.8 Å². The Morgan fingerprint density at radius 2 is 1.64 bits per heavy atom. The number of rotatable bonds is 5. The molecule has 1 N–H and O–H groups in total. The summed E-state index contributed by atoms with van der Waals surface area (Å²) in [6.07, 6.45) is 2.79. The first kappa shape index (κ1) is 28.3. The zero-order chi connectivity index (χ0) is 29.1. The Bertz CT molecular complexity index is 1630. The van der Waals surface area contributed by atoms with Crippen LogP contribution in [0.15, 0.2) is 91.0 Å². The lowest BCUT2D eigenvalue weighted by molar-refractivity contribution is 0.0974. The number of urea groups is 1. The highest BCUT2D eigenvalue weighted by atomic mass is 35.5. The van der Waals surface area contributed by atoms with Gasteiger partial charge in [-0.1, -0.05) is 83.9 Å². The van der Waals surface area contributed by atoms with Gasteiger partial charge in [0.2, 0.25) is 0 Å². The summed E-state index contributed by atoms with van der Waals surface area (Å²) >= 11 is 12.3. The van der Waals surface area contributed by atoms with Crippen LogP contribution >= 0.6 is 23.2 Å². The van der Waals surface area contributed by atoms with Crippen LogP contribution in [-0.2, 0) is 13.0 Å². The number of fused-ring (bicyclic) bond motifs is 1. The van der Waals surface area contributed by atoms with E-state index in [1.54, 1.807) is 18.2 Å². The summed E-state index contributed by atoms with van der Waals surface area (Å²) in [5, 5.41) is 13.3. The van der Waals surface area contributed by atoms with Crippen LogP contribution in [0.25, 0.3) is 11.1 Å². The van der Waals surface area contributed by atoms with Crippen LogP contribution in [0.5, 0.6) is 0 Å². The number of hydrogen-bond acceptors (Lipinski definition) is 3. The van der Waals surface area contributed by atoms with E-state index < -0.39 is 0 Å². The molecule has 4 aromatic carbocycles. The van der Waals surface area contributed by atoms with Gasteiger partial charge in [0.1, 0.15) is 0 Å². The van der Waals surface area contributed by atoms with E-state index in [0.29, 0.717) is 33.8 Å². The molecule has 42 heavy (non-hydrogen) atoms. The maximum Gasteiger partial charge on any atom is 0.322 e. The number of halogens is 2. The third kappa shape index (κ3) is 6.17. The minimum absolute atomic E-state index is 0.0325. The Morgan fingerprint density at radius 1 is 0.857 bits per heavy atom. The van der Waals surface area contributed by atoms with Crippen molar-refractivity contribution in [2.75, 3.05) is 25.0 Å². The highest BCUT2D eigenvalue weighted by Gasteiger charge is 2.38. The van der Waals surface area contributed by atoms with Crippen molar-refractivity contribution in [2.24, 2.45) is 5.92 Å². The number of benzene rings is 4. The molecule has 1 atom stereocenters. The number of carbonyl (C=O) groups excluding carboxylic acids is 1. The molecule has 2 heterocycles. The quantitative estimate of drug-likeness (QED) is 0.252. The molecule has 1 saturated heterocycles. The van der Waals surface area contributed by atoms with E-state index in [4.69, 9.17) is 23.2 Å². The number of piperidine rings is 1. The first-order valence-corrected chi connectivity index (χ1v) is 15.2. The molecule has 0 bridgehead atoms. The molecule has 4 aromatic rings. The lowest BCUT2D eigenvalue weighted by Crippen LogP contribution is -2.47. The topological polar surface area (TPSA) is 59.4 Å². The standard InChI is InChI=1S/C35H32Cl2N4O/c36-32-12-10-30(21-33(32)37)39-35(42)41-18-15-29-20-28(27-8-4-7-25(19-27)22-38)9-11-31(29)34(41)26-13-16-40(17-14-26)23-24-5-2-1-3-6-24/h1-12,19-21,26,34H,13-18,23H2,(H,39,42). The lowest BCUT2D eigenvalue weighted by atomic mass is 9.79. The van der Waals surface area contributed by atoms with Crippen molar-refractivity contribution in [1.82, 2.24) is 9.80 Å². The van der Waals surface area contributed by atoms with Gasteiger partial charge in [-0.2, -0.15) is 5.26 Å². The molecule has 0 aliphatic carbocycles. The van der Waals surface area contributed by atoms with Crippen LogP contribution in [0.3, 0.4) is 0 Å². The molecule has 5 nitrogen and oxygen atoms in total. The molecule has 1 unspecified atom stereocenters. The number of nitrogens with one attached hydrogen (secondary N) is 1. The van der Waals surface area contributed by atoms with E-state index in [1.165, 1.54) is 16.7 Å². The molecule has 0 radical (unpaired) electrons. The van der Waals surface area contributed by atoms with Gasteiger partial charge >= 0.3 is 6.03 Å². The number of hydrogen-bond donors (Lipinski definition) is 1. The minimum atomic E-state index is -0.124. The Morgan fingerprint density at radius 3 is 2.40 bits per heavy atom. The van der Waals surface area contributed by atoms with Crippen LogP contribution in [0.4, 0.5) is 10.5 Å². The first-order valence-electron chi connectivity index (χ1n) is 14.4. The number of likely N-dealkylation sites (tertiary alicyclic amines) is 1. The zero-order valence-corrected chi connectivity index (χ0v) is 24.8. The van der Waals surface area contributed by atoms with Gasteiger partial charge in [-0.05, 0) is 96.4 Å². The molecule has 0 saturated carbocycles. The smallest absolute Gasteiger partial charge is 0.317 e. The summed E-state index contributed by atoms with van der Waals surface area (Å²) in [6, 6.07) is 32.2. The Balaban J connectivity index is 1.27. The van der Waals surface area contributed by atoms with Gasteiger partial charge in [0, 0.05) is 18.8 Å². The molecule has 2 aliphatic heterocycles. The monoisotopic (exact) mass is 594 g/mol. The average Bonchev–Trinajstić information content (AvgIpc) is 3.03. The predicted molar refractivity (Wildman–Crippen MR) is 170 cm³/mol. The molecule has 2 amide bonds. The van der Waals surface area contributed by atoms with E-state index in [9.17, 15) is 10.1 Å². The van der Waals surface area contributed by atoms with E-state index >= 15 is 0 Å². The van der Waals surface area contributed by atoms with Gasteiger partial charge in [0.25, 0.3) is 0 Å². The summed E-state index contributed by atoms with van der Waals surface area (Å²) in [7, 11) is 0. The Kier molecular flexibility index (Phi) is 8.48. The van der Waals surface area contributed by atoms with Gasteiger partial charge in [-0.3, -0.25) is 4.90 Å². The zero-order valence-electron chi connectivity index (χ0n) is 23.3. The number of nitriles is 1. The van der Waals surface area contributed by atoms with Crippen LogP contribution in [0, 0.1) is 17.2 Å². The largest absolute Gasteiger partial charge is 0.322 e. The van der Waals surface area contributed by atoms with Crippen LogP contribution in [0.1, 0.15) is 41.1 Å². The Hall–Kier alpha value is -3.82. The second-order valence-electron chi connectivity index (χ2n) is 11.2.